The standard InChI is InChI=1S/C21H31N3O6/c1-6-29-16-9-7-15(8-10-16)19(26)24-18(14(4)5)20(27)30-12-17(25)23-21(28)22-11-13(2)3/h7-10,13-14,18H,6,11-12H2,1-5H3,(H,24,26)(H2,22,23,25,28)/t18-/m0/s1. The number of hydrogen-bond acceptors (Lipinski definition) is 6. The summed E-state index contributed by atoms with van der Waals surface area (Å²) >= 11 is 0. The predicted molar refractivity (Wildman–Crippen MR) is 111 cm³/mol. The van der Waals surface area contributed by atoms with E-state index in [2.05, 4.69) is 16.0 Å². The first kappa shape index (κ1) is 24.9. The maximum Gasteiger partial charge on any atom is 0.329 e. The highest BCUT2D eigenvalue weighted by atomic mass is 16.5. The molecule has 1 aromatic carbocycles. The second-order valence-electron chi connectivity index (χ2n) is 7.41. The molecule has 9 heteroatoms. The Morgan fingerprint density at radius 2 is 1.63 bits per heavy atom. The number of ether oxygens (including phenoxy) is 2. The molecular weight excluding hydrogens is 390 g/mol. The van der Waals surface area contributed by atoms with Gasteiger partial charge in [-0.05, 0) is 43.0 Å². The summed E-state index contributed by atoms with van der Waals surface area (Å²) in [6.07, 6.45) is 0. The molecule has 0 unspecified atom stereocenters. The Bertz CT molecular complexity index is 731. The Balaban J connectivity index is 2.58. The highest BCUT2D eigenvalue weighted by Gasteiger charge is 2.27. The minimum absolute atomic E-state index is 0.231. The van der Waals surface area contributed by atoms with E-state index in [1.807, 2.05) is 20.8 Å². The lowest BCUT2D eigenvalue weighted by Gasteiger charge is -2.21. The van der Waals surface area contributed by atoms with Gasteiger partial charge >= 0.3 is 12.0 Å². The Kier molecular flexibility index (Phi) is 10.4. The maximum absolute atomic E-state index is 12.5. The van der Waals surface area contributed by atoms with Crippen molar-refractivity contribution in [2.75, 3.05) is 19.8 Å². The highest BCUT2D eigenvalue weighted by molar-refractivity contribution is 5.98. The van der Waals surface area contributed by atoms with Gasteiger partial charge in [0.1, 0.15) is 11.8 Å². The summed E-state index contributed by atoms with van der Waals surface area (Å²) in [5.41, 5.74) is 0.358. The molecule has 1 aromatic rings. The number of imide groups is 1. The van der Waals surface area contributed by atoms with Crippen LogP contribution in [-0.2, 0) is 14.3 Å². The molecule has 3 N–H and O–H groups in total. The fourth-order valence-corrected chi connectivity index (χ4v) is 2.32. The Morgan fingerprint density at radius 3 is 2.17 bits per heavy atom. The molecule has 1 rings (SSSR count). The van der Waals surface area contributed by atoms with Crippen molar-refractivity contribution in [3.63, 3.8) is 0 Å². The van der Waals surface area contributed by atoms with Gasteiger partial charge in [0.05, 0.1) is 6.61 Å². The number of nitrogens with one attached hydrogen (secondary N) is 3. The van der Waals surface area contributed by atoms with Gasteiger partial charge in [-0.1, -0.05) is 27.7 Å². The quantitative estimate of drug-likeness (QED) is 0.496. The minimum Gasteiger partial charge on any atom is -0.494 e. The van der Waals surface area contributed by atoms with Crippen LogP contribution in [0.15, 0.2) is 24.3 Å². The first-order valence-corrected chi connectivity index (χ1v) is 9.92. The van der Waals surface area contributed by atoms with Crippen LogP contribution in [0.2, 0.25) is 0 Å². The second-order valence-corrected chi connectivity index (χ2v) is 7.41. The van der Waals surface area contributed by atoms with Crippen LogP contribution >= 0.6 is 0 Å². The lowest BCUT2D eigenvalue weighted by Crippen LogP contribution is -2.47. The molecule has 4 amide bonds. The number of amides is 4. The van der Waals surface area contributed by atoms with Crippen LogP contribution in [0.3, 0.4) is 0 Å². The molecule has 166 valence electrons. The molecule has 30 heavy (non-hydrogen) atoms. The number of urea groups is 1. The van der Waals surface area contributed by atoms with Gasteiger partial charge < -0.3 is 20.1 Å². The van der Waals surface area contributed by atoms with Gasteiger partial charge in [-0.2, -0.15) is 0 Å². The molecule has 0 heterocycles. The normalized spacial score (nSPS) is 11.6. The summed E-state index contributed by atoms with van der Waals surface area (Å²) in [6.45, 7) is 9.46. The smallest absolute Gasteiger partial charge is 0.329 e. The fourth-order valence-electron chi connectivity index (χ4n) is 2.32. The molecule has 0 aromatic heterocycles. The molecule has 0 radical (unpaired) electrons. The maximum atomic E-state index is 12.5. The van der Waals surface area contributed by atoms with Gasteiger partial charge in [0.15, 0.2) is 6.61 Å². The van der Waals surface area contributed by atoms with Crippen LogP contribution in [0.4, 0.5) is 4.79 Å². The van der Waals surface area contributed by atoms with Gasteiger partial charge in [-0.3, -0.25) is 14.9 Å². The fraction of sp³-hybridized carbons (Fsp3) is 0.524. The molecule has 0 aliphatic rings. The molecule has 0 fully saturated rings. The number of hydrogen-bond donors (Lipinski definition) is 3. The van der Waals surface area contributed by atoms with Crippen LogP contribution in [0.5, 0.6) is 5.75 Å². The van der Waals surface area contributed by atoms with Crippen molar-refractivity contribution in [3.05, 3.63) is 29.8 Å². The minimum atomic E-state index is -0.952. The van der Waals surface area contributed by atoms with Crippen LogP contribution < -0.4 is 20.7 Å². The molecule has 0 bridgehead atoms. The summed E-state index contributed by atoms with van der Waals surface area (Å²) in [4.78, 5) is 48.1. The molecular formula is C21H31N3O6. The van der Waals surface area contributed by atoms with E-state index in [1.54, 1.807) is 38.1 Å². The Morgan fingerprint density at radius 1 is 1.00 bits per heavy atom. The van der Waals surface area contributed by atoms with Crippen molar-refractivity contribution in [1.82, 2.24) is 16.0 Å². The molecule has 0 spiro atoms. The summed E-state index contributed by atoms with van der Waals surface area (Å²) in [7, 11) is 0. The van der Waals surface area contributed by atoms with Crippen molar-refractivity contribution >= 4 is 23.8 Å². The Hall–Kier alpha value is -3.10. The van der Waals surface area contributed by atoms with E-state index in [9.17, 15) is 19.2 Å². The van der Waals surface area contributed by atoms with Crippen LogP contribution in [0, 0.1) is 11.8 Å². The van der Waals surface area contributed by atoms with E-state index in [4.69, 9.17) is 9.47 Å². The van der Waals surface area contributed by atoms with Crippen molar-refractivity contribution in [2.24, 2.45) is 11.8 Å². The van der Waals surface area contributed by atoms with Crippen molar-refractivity contribution < 1.29 is 28.7 Å². The molecule has 0 aliphatic carbocycles. The number of esters is 1. The molecule has 0 aliphatic heterocycles. The third-order valence-electron chi connectivity index (χ3n) is 3.90. The van der Waals surface area contributed by atoms with E-state index in [0.29, 0.717) is 24.5 Å². The average molecular weight is 421 g/mol. The summed E-state index contributed by atoms with van der Waals surface area (Å²) in [5.74, 6) is -1.38. The van der Waals surface area contributed by atoms with Crippen LogP contribution in [0.1, 0.15) is 45.0 Å². The first-order valence-electron chi connectivity index (χ1n) is 9.92. The van der Waals surface area contributed by atoms with Gasteiger partial charge in [0.2, 0.25) is 0 Å². The lowest BCUT2D eigenvalue weighted by molar-refractivity contribution is -0.151. The SMILES string of the molecule is CCOc1ccc(C(=O)N[C@H](C(=O)OCC(=O)NC(=O)NCC(C)C)C(C)C)cc1. The van der Waals surface area contributed by atoms with Crippen molar-refractivity contribution in [3.8, 4) is 5.75 Å². The number of benzene rings is 1. The Labute approximate surface area is 176 Å². The van der Waals surface area contributed by atoms with Crippen molar-refractivity contribution in [1.29, 1.82) is 0 Å². The summed E-state index contributed by atoms with van der Waals surface area (Å²) in [6, 6.07) is 4.89. The average Bonchev–Trinajstić information content (AvgIpc) is 2.69. The molecule has 0 saturated heterocycles. The summed E-state index contributed by atoms with van der Waals surface area (Å²) < 4.78 is 10.3. The highest BCUT2D eigenvalue weighted by Crippen LogP contribution is 2.13. The monoisotopic (exact) mass is 421 g/mol. The predicted octanol–water partition coefficient (Wildman–Crippen LogP) is 1.86. The summed E-state index contributed by atoms with van der Waals surface area (Å²) in [5, 5.41) is 7.21. The van der Waals surface area contributed by atoms with Crippen LogP contribution in [-0.4, -0.2) is 49.6 Å². The second kappa shape index (κ2) is 12.5. The van der Waals surface area contributed by atoms with Gasteiger partial charge in [-0.25, -0.2) is 9.59 Å². The zero-order valence-electron chi connectivity index (χ0n) is 18.1. The zero-order chi connectivity index (χ0) is 22.7. The third-order valence-corrected chi connectivity index (χ3v) is 3.90. The number of carbonyl (C=O) groups is 4. The van der Waals surface area contributed by atoms with E-state index < -0.39 is 36.5 Å². The first-order chi connectivity index (χ1) is 14.1. The largest absolute Gasteiger partial charge is 0.494 e. The van der Waals surface area contributed by atoms with Gasteiger partial charge in [0.25, 0.3) is 11.8 Å². The molecule has 1 atom stereocenters. The van der Waals surface area contributed by atoms with Crippen LogP contribution in [0.25, 0.3) is 0 Å². The third kappa shape index (κ3) is 8.93. The zero-order valence-corrected chi connectivity index (χ0v) is 18.1. The van der Waals surface area contributed by atoms with Crippen molar-refractivity contribution in [2.45, 2.75) is 40.7 Å². The lowest BCUT2D eigenvalue weighted by atomic mass is 10.0. The van der Waals surface area contributed by atoms with Gasteiger partial charge in [0, 0.05) is 12.1 Å². The number of carbonyl (C=O) groups excluding carboxylic acids is 4. The molecule has 0 saturated carbocycles. The topological polar surface area (TPSA) is 123 Å². The molecule has 9 nitrogen and oxygen atoms in total. The van der Waals surface area contributed by atoms with E-state index in [0.717, 1.165) is 0 Å². The number of rotatable bonds is 10. The van der Waals surface area contributed by atoms with E-state index in [1.165, 1.54) is 0 Å². The van der Waals surface area contributed by atoms with E-state index >= 15 is 0 Å². The van der Waals surface area contributed by atoms with E-state index in [-0.39, 0.29) is 11.8 Å². The van der Waals surface area contributed by atoms with Gasteiger partial charge in [-0.15, -0.1) is 0 Å².